The summed E-state index contributed by atoms with van der Waals surface area (Å²) in [5.41, 5.74) is 7.64. The standard InChI is InChI=1S/C18H29NO3/c1-2-3-4-5-6-7-8-16-14(11-19)17-13(12-22-16)9-10-15(20)18(17)21/h9-10,14,16,20-21H,2-8,11-12,19H2,1H3. The number of hydrogen-bond donors (Lipinski definition) is 3. The van der Waals surface area contributed by atoms with Crippen LogP contribution >= 0.6 is 0 Å². The molecule has 2 unspecified atom stereocenters. The molecule has 2 rings (SSSR count). The van der Waals surface area contributed by atoms with E-state index in [4.69, 9.17) is 10.5 Å². The Morgan fingerprint density at radius 1 is 1.14 bits per heavy atom. The summed E-state index contributed by atoms with van der Waals surface area (Å²) in [6.45, 7) is 3.13. The number of phenolic OH excluding ortho intramolecular Hbond substituents is 2. The molecule has 0 bridgehead atoms. The van der Waals surface area contributed by atoms with E-state index in [1.807, 2.05) is 6.07 Å². The van der Waals surface area contributed by atoms with Gasteiger partial charge < -0.3 is 20.7 Å². The summed E-state index contributed by atoms with van der Waals surface area (Å²) in [4.78, 5) is 0. The number of benzene rings is 1. The first-order valence-corrected chi connectivity index (χ1v) is 8.54. The van der Waals surface area contributed by atoms with Crippen molar-refractivity contribution in [2.75, 3.05) is 6.54 Å². The Balaban J connectivity index is 1.95. The van der Waals surface area contributed by atoms with Gasteiger partial charge in [-0.2, -0.15) is 0 Å². The second kappa shape index (κ2) is 8.39. The van der Waals surface area contributed by atoms with Gasteiger partial charge >= 0.3 is 0 Å². The molecule has 0 spiro atoms. The van der Waals surface area contributed by atoms with Gasteiger partial charge in [0.15, 0.2) is 11.5 Å². The number of hydrogen-bond acceptors (Lipinski definition) is 4. The van der Waals surface area contributed by atoms with Crippen LogP contribution in [0.3, 0.4) is 0 Å². The number of rotatable bonds is 8. The monoisotopic (exact) mass is 307 g/mol. The molecule has 1 aliphatic rings. The summed E-state index contributed by atoms with van der Waals surface area (Å²) in [6, 6.07) is 3.33. The lowest BCUT2D eigenvalue weighted by molar-refractivity contribution is 0.00195. The molecule has 0 saturated carbocycles. The minimum atomic E-state index is -0.0718. The molecule has 1 heterocycles. The molecule has 0 amide bonds. The van der Waals surface area contributed by atoms with Crippen molar-refractivity contribution in [3.8, 4) is 11.5 Å². The zero-order valence-electron chi connectivity index (χ0n) is 13.6. The molecule has 124 valence electrons. The fourth-order valence-corrected chi connectivity index (χ4v) is 3.36. The molecular weight excluding hydrogens is 278 g/mol. The molecule has 0 aromatic heterocycles. The molecule has 22 heavy (non-hydrogen) atoms. The third-order valence-corrected chi connectivity index (χ3v) is 4.65. The third kappa shape index (κ3) is 3.93. The Kier molecular flexibility index (Phi) is 6.52. The molecule has 0 radical (unpaired) electrons. The maximum Gasteiger partial charge on any atom is 0.161 e. The van der Waals surface area contributed by atoms with Crippen LogP contribution in [0.5, 0.6) is 11.5 Å². The Labute approximate surface area is 133 Å². The lowest BCUT2D eigenvalue weighted by Gasteiger charge is -2.33. The molecule has 4 nitrogen and oxygen atoms in total. The van der Waals surface area contributed by atoms with Crippen molar-refractivity contribution in [1.82, 2.24) is 0 Å². The normalized spacial score (nSPS) is 20.8. The van der Waals surface area contributed by atoms with Crippen LogP contribution in [0.2, 0.25) is 0 Å². The summed E-state index contributed by atoms with van der Waals surface area (Å²) < 4.78 is 5.96. The first kappa shape index (κ1) is 17.1. The molecule has 0 fully saturated rings. The zero-order chi connectivity index (χ0) is 15.9. The van der Waals surface area contributed by atoms with Crippen molar-refractivity contribution in [1.29, 1.82) is 0 Å². The number of aromatic hydroxyl groups is 2. The lowest BCUT2D eigenvalue weighted by atomic mass is 9.84. The molecule has 2 atom stereocenters. The average Bonchev–Trinajstić information content (AvgIpc) is 2.54. The van der Waals surface area contributed by atoms with Crippen molar-refractivity contribution in [2.45, 2.75) is 70.5 Å². The summed E-state index contributed by atoms with van der Waals surface area (Å²) in [6.07, 6.45) is 8.50. The Morgan fingerprint density at radius 3 is 2.59 bits per heavy atom. The largest absolute Gasteiger partial charge is 0.504 e. The van der Waals surface area contributed by atoms with E-state index >= 15 is 0 Å². The van der Waals surface area contributed by atoms with Crippen molar-refractivity contribution >= 4 is 0 Å². The summed E-state index contributed by atoms with van der Waals surface area (Å²) in [5.74, 6) is -0.131. The molecule has 0 aliphatic carbocycles. The smallest absolute Gasteiger partial charge is 0.161 e. The number of nitrogens with two attached hydrogens (primary N) is 1. The maximum absolute atomic E-state index is 10.2. The number of ether oxygens (including phenoxy) is 1. The van der Waals surface area contributed by atoms with E-state index in [-0.39, 0.29) is 23.5 Å². The van der Waals surface area contributed by atoms with Gasteiger partial charge in [0.2, 0.25) is 0 Å². The van der Waals surface area contributed by atoms with Crippen molar-refractivity contribution < 1.29 is 14.9 Å². The first-order chi connectivity index (χ1) is 10.7. The van der Waals surface area contributed by atoms with Crippen molar-refractivity contribution in [3.63, 3.8) is 0 Å². The van der Waals surface area contributed by atoms with Crippen molar-refractivity contribution in [3.05, 3.63) is 23.3 Å². The van der Waals surface area contributed by atoms with Crippen LogP contribution in [-0.2, 0) is 11.3 Å². The van der Waals surface area contributed by atoms with Gasteiger partial charge in [0.05, 0.1) is 12.7 Å². The van der Waals surface area contributed by atoms with Crippen LogP contribution in [0.1, 0.15) is 68.9 Å². The van der Waals surface area contributed by atoms with Gasteiger partial charge in [-0.05, 0) is 18.1 Å². The van der Waals surface area contributed by atoms with Gasteiger partial charge in [0.1, 0.15) is 0 Å². The Hall–Kier alpha value is -1.26. The van der Waals surface area contributed by atoms with Crippen molar-refractivity contribution in [2.24, 2.45) is 5.73 Å². The second-order valence-corrected chi connectivity index (χ2v) is 6.25. The van der Waals surface area contributed by atoms with E-state index in [9.17, 15) is 10.2 Å². The fraction of sp³-hybridized carbons (Fsp3) is 0.667. The average molecular weight is 307 g/mol. The fourth-order valence-electron chi connectivity index (χ4n) is 3.36. The van der Waals surface area contributed by atoms with E-state index < -0.39 is 0 Å². The number of phenols is 2. The number of fused-ring (bicyclic) bond motifs is 1. The molecule has 4 N–H and O–H groups in total. The summed E-state index contributed by atoms with van der Waals surface area (Å²) in [7, 11) is 0. The molecule has 1 aromatic carbocycles. The third-order valence-electron chi connectivity index (χ3n) is 4.65. The highest BCUT2D eigenvalue weighted by molar-refractivity contribution is 5.51. The van der Waals surface area contributed by atoms with Crippen LogP contribution in [0.25, 0.3) is 0 Å². The molecule has 4 heteroatoms. The highest BCUT2D eigenvalue weighted by Gasteiger charge is 2.32. The molecule has 0 saturated heterocycles. The summed E-state index contributed by atoms with van der Waals surface area (Å²) >= 11 is 0. The molecule has 1 aliphatic heterocycles. The van der Waals surface area contributed by atoms with Gasteiger partial charge in [0.25, 0.3) is 0 Å². The van der Waals surface area contributed by atoms with Gasteiger partial charge in [-0.15, -0.1) is 0 Å². The summed E-state index contributed by atoms with van der Waals surface area (Å²) in [5, 5.41) is 19.9. The quantitative estimate of drug-likeness (QED) is 0.504. The molecular formula is C18H29NO3. The van der Waals surface area contributed by atoms with Gasteiger partial charge in [-0.1, -0.05) is 51.5 Å². The van der Waals surface area contributed by atoms with E-state index in [1.165, 1.54) is 38.2 Å². The van der Waals surface area contributed by atoms with Crippen LogP contribution in [0.4, 0.5) is 0 Å². The van der Waals surface area contributed by atoms with Crippen LogP contribution in [-0.4, -0.2) is 22.9 Å². The zero-order valence-corrected chi connectivity index (χ0v) is 13.6. The first-order valence-electron chi connectivity index (χ1n) is 8.54. The maximum atomic E-state index is 10.2. The minimum absolute atomic E-state index is 0.0239. The predicted octanol–water partition coefficient (Wildman–Crippen LogP) is 3.79. The number of unbranched alkanes of at least 4 members (excludes halogenated alkanes) is 5. The van der Waals surface area contributed by atoms with Gasteiger partial charge in [-0.3, -0.25) is 0 Å². The predicted molar refractivity (Wildman–Crippen MR) is 88.1 cm³/mol. The van der Waals surface area contributed by atoms with E-state index in [0.29, 0.717) is 13.2 Å². The van der Waals surface area contributed by atoms with Crippen LogP contribution < -0.4 is 5.73 Å². The highest BCUT2D eigenvalue weighted by Crippen LogP contribution is 2.42. The topological polar surface area (TPSA) is 75.7 Å². The Bertz CT molecular complexity index is 476. The van der Waals surface area contributed by atoms with E-state index in [2.05, 4.69) is 6.92 Å². The van der Waals surface area contributed by atoms with E-state index in [0.717, 1.165) is 24.0 Å². The van der Waals surface area contributed by atoms with Gasteiger partial charge in [-0.25, -0.2) is 0 Å². The van der Waals surface area contributed by atoms with Crippen LogP contribution in [0, 0.1) is 0 Å². The van der Waals surface area contributed by atoms with Gasteiger partial charge in [0, 0.05) is 18.0 Å². The minimum Gasteiger partial charge on any atom is -0.504 e. The molecule has 1 aromatic rings. The van der Waals surface area contributed by atoms with E-state index in [1.54, 1.807) is 0 Å². The SMILES string of the molecule is CCCCCCCCC1OCc2ccc(O)c(O)c2C1CN. The lowest BCUT2D eigenvalue weighted by Crippen LogP contribution is -2.33. The Morgan fingerprint density at radius 2 is 1.86 bits per heavy atom. The highest BCUT2D eigenvalue weighted by atomic mass is 16.5. The van der Waals surface area contributed by atoms with Crippen LogP contribution in [0.15, 0.2) is 12.1 Å². The second-order valence-electron chi connectivity index (χ2n) is 6.25.